The molecule has 0 atom stereocenters. The number of nitrogens with zero attached hydrogens (tertiary/aromatic N) is 2. The Morgan fingerprint density at radius 2 is 1.66 bits per heavy atom. The third kappa shape index (κ3) is 4.29. The number of para-hydroxylation sites is 2. The summed E-state index contributed by atoms with van der Waals surface area (Å²) in [7, 11) is 0. The van der Waals surface area contributed by atoms with Crippen LogP contribution < -0.4 is 16.2 Å². The van der Waals surface area contributed by atoms with Gasteiger partial charge in [-0.15, -0.1) is 0 Å². The van der Waals surface area contributed by atoms with E-state index in [-0.39, 0.29) is 5.56 Å². The molecule has 1 aliphatic rings. The Balaban J connectivity index is 1.70. The van der Waals surface area contributed by atoms with Crippen LogP contribution in [0.15, 0.2) is 70.5 Å². The zero-order valence-electron chi connectivity index (χ0n) is 16.0. The molecule has 148 valence electrons. The first kappa shape index (κ1) is 18.7. The van der Waals surface area contributed by atoms with Gasteiger partial charge in [0.15, 0.2) is 0 Å². The van der Waals surface area contributed by atoms with Gasteiger partial charge in [0, 0.05) is 12.2 Å². The summed E-state index contributed by atoms with van der Waals surface area (Å²) in [6.07, 6.45) is 3.79. The maximum Gasteiger partial charge on any atom is 0.324 e. The number of aliphatic imine (C=N–C) groups is 1. The Morgan fingerprint density at radius 3 is 2.41 bits per heavy atom. The van der Waals surface area contributed by atoms with Crippen LogP contribution in [0.5, 0.6) is 0 Å². The van der Waals surface area contributed by atoms with Gasteiger partial charge in [0.25, 0.3) is 5.56 Å². The summed E-state index contributed by atoms with van der Waals surface area (Å²) in [6, 6.07) is 18.0. The van der Waals surface area contributed by atoms with E-state index in [4.69, 9.17) is 0 Å². The van der Waals surface area contributed by atoms with Crippen LogP contribution in [0.4, 0.5) is 16.3 Å². The molecule has 7 nitrogen and oxygen atoms in total. The molecule has 0 bridgehead atoms. The van der Waals surface area contributed by atoms with Crippen LogP contribution in [0.25, 0.3) is 5.69 Å². The number of anilines is 2. The van der Waals surface area contributed by atoms with Crippen LogP contribution >= 0.6 is 0 Å². The van der Waals surface area contributed by atoms with Crippen molar-refractivity contribution >= 4 is 23.2 Å². The normalized spacial score (nSPS) is 14.0. The second-order valence-corrected chi connectivity index (χ2v) is 6.92. The number of rotatable bonds is 4. The Labute approximate surface area is 168 Å². The van der Waals surface area contributed by atoms with Crippen molar-refractivity contribution in [2.24, 2.45) is 4.99 Å². The zero-order chi connectivity index (χ0) is 20.1. The standard InChI is InChI=1S/C22H23N5O2/c28-21-19(18-14-8-3-9-15-23-18)20(26-27(21)17-12-6-2-7-13-17)25-22(29)24-16-10-4-1-5-11-16/h1-2,4-7,10-13,26H,3,8-9,14-15H2,(H2,24,25,29). The predicted molar refractivity (Wildman–Crippen MR) is 115 cm³/mol. The summed E-state index contributed by atoms with van der Waals surface area (Å²) in [5, 5.41) is 8.63. The summed E-state index contributed by atoms with van der Waals surface area (Å²) in [5.74, 6) is 0.355. The number of hydrogen-bond acceptors (Lipinski definition) is 3. The molecule has 3 aromatic rings. The molecule has 0 radical (unpaired) electrons. The van der Waals surface area contributed by atoms with Crippen molar-refractivity contribution in [2.75, 3.05) is 17.2 Å². The summed E-state index contributed by atoms with van der Waals surface area (Å²) in [4.78, 5) is 30.4. The molecule has 0 saturated heterocycles. The maximum atomic E-state index is 13.2. The van der Waals surface area contributed by atoms with E-state index in [1.54, 1.807) is 12.1 Å². The number of H-pyrrole nitrogens is 1. The van der Waals surface area contributed by atoms with E-state index in [1.807, 2.05) is 48.5 Å². The smallest absolute Gasteiger partial charge is 0.308 e. The Bertz CT molecular complexity index is 1070. The average Bonchev–Trinajstić information content (AvgIpc) is 2.90. The highest BCUT2D eigenvalue weighted by Gasteiger charge is 2.22. The lowest BCUT2D eigenvalue weighted by molar-refractivity contribution is 0.262. The number of benzene rings is 2. The molecule has 0 fully saturated rings. The summed E-state index contributed by atoms with van der Waals surface area (Å²) < 4.78 is 1.45. The second kappa shape index (κ2) is 8.60. The number of aromatic nitrogens is 2. The topological polar surface area (TPSA) is 91.3 Å². The van der Waals surface area contributed by atoms with Gasteiger partial charge >= 0.3 is 6.03 Å². The van der Waals surface area contributed by atoms with Crippen molar-refractivity contribution in [1.82, 2.24) is 9.78 Å². The first-order chi connectivity index (χ1) is 14.2. The molecular formula is C22H23N5O2. The Kier molecular flexibility index (Phi) is 5.56. The Hall–Kier alpha value is -3.61. The third-order valence-electron chi connectivity index (χ3n) is 4.84. The van der Waals surface area contributed by atoms with E-state index < -0.39 is 6.03 Å². The van der Waals surface area contributed by atoms with Gasteiger partial charge in [-0.05, 0) is 43.5 Å². The largest absolute Gasteiger partial charge is 0.324 e. The van der Waals surface area contributed by atoms with E-state index in [1.165, 1.54) is 4.68 Å². The van der Waals surface area contributed by atoms with Crippen LogP contribution in [0.1, 0.15) is 31.2 Å². The minimum Gasteiger partial charge on any atom is -0.308 e. The molecule has 2 amide bonds. The minimum absolute atomic E-state index is 0.216. The summed E-state index contributed by atoms with van der Waals surface area (Å²) in [5.41, 5.74) is 2.33. The minimum atomic E-state index is -0.423. The van der Waals surface area contributed by atoms with E-state index in [0.29, 0.717) is 29.3 Å². The molecule has 3 N–H and O–H groups in total. The zero-order valence-corrected chi connectivity index (χ0v) is 16.0. The van der Waals surface area contributed by atoms with Crippen LogP contribution in [0.2, 0.25) is 0 Å². The number of nitrogens with one attached hydrogen (secondary N) is 3. The number of carbonyl (C=O) groups is 1. The Morgan fingerprint density at radius 1 is 0.931 bits per heavy atom. The molecule has 2 heterocycles. The highest BCUT2D eigenvalue weighted by atomic mass is 16.2. The fourth-order valence-corrected chi connectivity index (χ4v) is 3.43. The van der Waals surface area contributed by atoms with Crippen molar-refractivity contribution in [3.8, 4) is 5.69 Å². The lowest BCUT2D eigenvalue weighted by atomic mass is 10.1. The average molecular weight is 389 g/mol. The number of aromatic amines is 1. The maximum absolute atomic E-state index is 13.2. The van der Waals surface area contributed by atoms with Crippen LogP contribution in [0.3, 0.4) is 0 Å². The fourth-order valence-electron chi connectivity index (χ4n) is 3.43. The molecule has 0 aliphatic carbocycles. The molecule has 2 aromatic carbocycles. The van der Waals surface area contributed by atoms with Gasteiger partial charge in [-0.3, -0.25) is 20.2 Å². The summed E-state index contributed by atoms with van der Waals surface area (Å²) in [6.45, 7) is 0.695. The highest BCUT2D eigenvalue weighted by molar-refractivity contribution is 6.08. The second-order valence-electron chi connectivity index (χ2n) is 6.92. The van der Waals surface area contributed by atoms with Crippen molar-refractivity contribution < 1.29 is 4.79 Å². The molecule has 1 aromatic heterocycles. The molecule has 7 heteroatoms. The first-order valence-corrected chi connectivity index (χ1v) is 9.79. The molecule has 4 rings (SSSR count). The van der Waals surface area contributed by atoms with E-state index >= 15 is 0 Å². The fraction of sp³-hybridized carbons (Fsp3) is 0.227. The van der Waals surface area contributed by atoms with E-state index in [9.17, 15) is 9.59 Å². The van der Waals surface area contributed by atoms with Crippen molar-refractivity contribution in [3.63, 3.8) is 0 Å². The number of urea groups is 1. The highest BCUT2D eigenvalue weighted by Crippen LogP contribution is 2.19. The first-order valence-electron chi connectivity index (χ1n) is 9.79. The van der Waals surface area contributed by atoms with Crippen molar-refractivity contribution in [1.29, 1.82) is 0 Å². The van der Waals surface area contributed by atoms with Gasteiger partial charge < -0.3 is 5.32 Å². The molecule has 0 spiro atoms. The van der Waals surface area contributed by atoms with Gasteiger partial charge in [0.1, 0.15) is 11.4 Å². The predicted octanol–water partition coefficient (Wildman–Crippen LogP) is 4.17. The summed E-state index contributed by atoms with van der Waals surface area (Å²) >= 11 is 0. The third-order valence-corrected chi connectivity index (χ3v) is 4.84. The SMILES string of the molecule is O=C(Nc1ccccc1)Nc1[nH]n(-c2ccccc2)c(=O)c1C1=NCCCCC1. The van der Waals surface area contributed by atoms with Crippen molar-refractivity contribution in [3.05, 3.63) is 76.6 Å². The van der Waals surface area contributed by atoms with Gasteiger partial charge in [-0.1, -0.05) is 42.8 Å². The quantitative estimate of drug-likeness (QED) is 0.625. The van der Waals surface area contributed by atoms with Crippen LogP contribution in [0, 0.1) is 0 Å². The van der Waals surface area contributed by atoms with Crippen molar-refractivity contribution in [2.45, 2.75) is 25.7 Å². The number of hydrogen-bond donors (Lipinski definition) is 3. The monoisotopic (exact) mass is 389 g/mol. The van der Waals surface area contributed by atoms with E-state index in [2.05, 4.69) is 20.7 Å². The van der Waals surface area contributed by atoms with Crippen LogP contribution in [-0.2, 0) is 0 Å². The van der Waals surface area contributed by atoms with Gasteiger partial charge in [0.05, 0.1) is 11.4 Å². The van der Waals surface area contributed by atoms with E-state index in [0.717, 1.165) is 31.4 Å². The van der Waals surface area contributed by atoms with Gasteiger partial charge in [-0.25, -0.2) is 9.48 Å². The number of carbonyl (C=O) groups excluding carboxylic acids is 1. The lowest BCUT2D eigenvalue weighted by Crippen LogP contribution is -2.23. The molecule has 0 unspecified atom stereocenters. The molecule has 0 saturated carbocycles. The lowest BCUT2D eigenvalue weighted by Gasteiger charge is -2.08. The van der Waals surface area contributed by atoms with Gasteiger partial charge in [-0.2, -0.15) is 0 Å². The molecular weight excluding hydrogens is 366 g/mol. The molecule has 1 aliphatic heterocycles. The van der Waals surface area contributed by atoms with Crippen LogP contribution in [-0.4, -0.2) is 28.1 Å². The number of amides is 2. The van der Waals surface area contributed by atoms with Gasteiger partial charge in [0.2, 0.25) is 0 Å². The molecule has 29 heavy (non-hydrogen) atoms.